The first-order valence-electron chi connectivity index (χ1n) is 9.37. The van der Waals surface area contributed by atoms with Crippen LogP contribution in [0.2, 0.25) is 0 Å². The predicted octanol–water partition coefficient (Wildman–Crippen LogP) is 3.41. The normalized spacial score (nSPS) is 19.9. The molecule has 0 saturated carbocycles. The van der Waals surface area contributed by atoms with E-state index in [1.54, 1.807) is 34.4 Å². The van der Waals surface area contributed by atoms with E-state index in [1.165, 1.54) is 11.0 Å². The molecule has 2 amide bonds. The van der Waals surface area contributed by atoms with Crippen molar-refractivity contribution >= 4 is 40.8 Å². The Hall–Kier alpha value is -2.87. The van der Waals surface area contributed by atoms with E-state index in [0.29, 0.717) is 44.1 Å². The Morgan fingerprint density at radius 3 is 2.66 bits per heavy atom. The summed E-state index contributed by atoms with van der Waals surface area (Å²) >= 11 is 1.58. The second kappa shape index (κ2) is 8.24. The van der Waals surface area contributed by atoms with E-state index in [1.807, 2.05) is 28.5 Å². The zero-order chi connectivity index (χ0) is 20.4. The summed E-state index contributed by atoms with van der Waals surface area (Å²) < 4.78 is 19.7. The second-order valence-electron chi connectivity index (χ2n) is 6.91. The molecule has 0 spiro atoms. The van der Waals surface area contributed by atoms with E-state index >= 15 is 0 Å². The molecular weight excluding hydrogens is 393 g/mol. The topological polar surface area (TPSA) is 53.1 Å². The predicted molar refractivity (Wildman–Crippen MR) is 112 cm³/mol. The molecule has 1 aromatic heterocycles. The summed E-state index contributed by atoms with van der Waals surface area (Å²) in [6.07, 6.45) is 2.43. The van der Waals surface area contributed by atoms with Gasteiger partial charge in [0.15, 0.2) is 0 Å². The van der Waals surface area contributed by atoms with E-state index in [4.69, 9.17) is 4.74 Å². The highest BCUT2D eigenvalue weighted by molar-refractivity contribution is 7.10. The summed E-state index contributed by atoms with van der Waals surface area (Å²) in [6.45, 7) is 6.14. The Bertz CT molecular complexity index is 923. The Labute approximate surface area is 172 Å². The maximum atomic E-state index is 14.7. The number of cyclic esters (lactones) is 1. The molecule has 8 heteroatoms. The van der Waals surface area contributed by atoms with E-state index in [0.717, 1.165) is 4.88 Å². The number of ether oxygens (including phenoxy) is 1. The minimum absolute atomic E-state index is 0.0378. The molecule has 2 aliphatic heterocycles. The number of carbonyl (C=O) groups is 2. The Morgan fingerprint density at radius 1 is 1.24 bits per heavy atom. The fourth-order valence-corrected chi connectivity index (χ4v) is 4.08. The van der Waals surface area contributed by atoms with E-state index < -0.39 is 18.0 Å². The summed E-state index contributed by atoms with van der Waals surface area (Å²) in [6, 6.07) is 8.62. The van der Waals surface area contributed by atoms with Crippen LogP contribution >= 0.6 is 11.3 Å². The number of halogens is 1. The number of carbonyl (C=O) groups excluding carboxylic acids is 2. The third kappa shape index (κ3) is 4.27. The van der Waals surface area contributed by atoms with Gasteiger partial charge in [0.05, 0.1) is 17.9 Å². The van der Waals surface area contributed by atoms with Crippen LogP contribution in [0.5, 0.6) is 0 Å². The maximum Gasteiger partial charge on any atom is 0.414 e. The van der Waals surface area contributed by atoms with Gasteiger partial charge in [-0.25, -0.2) is 9.18 Å². The van der Waals surface area contributed by atoms with Gasteiger partial charge in [-0.1, -0.05) is 6.07 Å². The van der Waals surface area contributed by atoms with Crippen LogP contribution in [0.3, 0.4) is 0 Å². The number of rotatable bonds is 4. The van der Waals surface area contributed by atoms with Gasteiger partial charge in [-0.15, -0.1) is 11.3 Å². The molecule has 2 aromatic rings. The number of benzene rings is 1. The molecular formula is C21H21FN3O3S. The van der Waals surface area contributed by atoms with Crippen LogP contribution < -0.4 is 9.80 Å². The van der Waals surface area contributed by atoms with Gasteiger partial charge in [0.2, 0.25) is 5.91 Å². The van der Waals surface area contributed by atoms with Gasteiger partial charge in [0.25, 0.3) is 0 Å². The zero-order valence-electron chi connectivity index (χ0n) is 15.8. The molecule has 2 fully saturated rings. The Balaban J connectivity index is 1.37. The Morgan fingerprint density at radius 2 is 2.03 bits per heavy atom. The average Bonchev–Trinajstić information content (AvgIpc) is 3.35. The molecule has 1 radical (unpaired) electrons. The summed E-state index contributed by atoms with van der Waals surface area (Å²) in [5, 5.41) is 1.97. The molecule has 0 unspecified atom stereocenters. The van der Waals surface area contributed by atoms with Crippen LogP contribution in [0.25, 0.3) is 6.08 Å². The van der Waals surface area contributed by atoms with Gasteiger partial charge in [0, 0.05) is 37.1 Å². The van der Waals surface area contributed by atoms with Gasteiger partial charge < -0.3 is 14.5 Å². The third-order valence-corrected chi connectivity index (χ3v) is 5.82. The van der Waals surface area contributed by atoms with E-state index in [2.05, 4.69) is 6.92 Å². The number of amides is 2. The minimum Gasteiger partial charge on any atom is -0.444 e. The molecule has 4 rings (SSSR count). The standard InChI is InChI=1S/C21H21FN3O3S/c1-15-14-25(21(27)28-15)16-4-6-19(18(22)13-16)23-8-10-24(11-9-23)20(26)7-5-17-3-2-12-29-17/h2-7,12-13,15H,1,8-11,14H2/b7-5+/t15-/m0/s1. The third-order valence-electron chi connectivity index (χ3n) is 4.98. The molecule has 2 aliphatic rings. The number of hydrogen-bond acceptors (Lipinski definition) is 5. The smallest absolute Gasteiger partial charge is 0.414 e. The van der Waals surface area contributed by atoms with E-state index in [-0.39, 0.29) is 5.91 Å². The minimum atomic E-state index is -0.514. The van der Waals surface area contributed by atoms with Crippen molar-refractivity contribution in [3.63, 3.8) is 0 Å². The number of anilines is 2. The maximum absolute atomic E-state index is 14.7. The first-order chi connectivity index (χ1) is 14.0. The molecule has 6 nitrogen and oxygen atoms in total. The lowest BCUT2D eigenvalue weighted by atomic mass is 10.2. The van der Waals surface area contributed by atoms with Crippen LogP contribution in [0.1, 0.15) is 4.88 Å². The summed E-state index contributed by atoms with van der Waals surface area (Å²) in [4.78, 5) is 30.2. The molecule has 0 bridgehead atoms. The van der Waals surface area contributed by atoms with Crippen molar-refractivity contribution in [1.82, 2.24) is 4.90 Å². The first kappa shape index (κ1) is 19.4. The fraction of sp³-hybridized carbons (Fsp3) is 0.286. The summed E-state index contributed by atoms with van der Waals surface area (Å²) in [7, 11) is 0. The quantitative estimate of drug-likeness (QED) is 0.720. The van der Waals surface area contributed by atoms with Gasteiger partial charge in [-0.2, -0.15) is 0 Å². The van der Waals surface area contributed by atoms with E-state index in [9.17, 15) is 14.0 Å². The van der Waals surface area contributed by atoms with Crippen LogP contribution in [-0.2, 0) is 9.53 Å². The first-order valence-corrected chi connectivity index (χ1v) is 10.3. The highest BCUT2D eigenvalue weighted by atomic mass is 32.1. The van der Waals surface area contributed by atoms with Gasteiger partial charge in [-0.05, 0) is 42.6 Å². The number of nitrogens with zero attached hydrogens (tertiary/aromatic N) is 3. The molecule has 0 aliphatic carbocycles. The van der Waals surface area contributed by atoms with Crippen LogP contribution in [-0.4, -0.2) is 55.7 Å². The molecule has 3 heterocycles. The van der Waals surface area contributed by atoms with Crippen molar-refractivity contribution in [3.8, 4) is 0 Å². The zero-order valence-corrected chi connectivity index (χ0v) is 16.6. The van der Waals surface area contributed by atoms with Gasteiger partial charge in [0.1, 0.15) is 11.9 Å². The summed E-state index contributed by atoms with van der Waals surface area (Å²) in [5.74, 6) is -0.440. The molecule has 151 valence electrons. The highest BCUT2D eigenvalue weighted by Crippen LogP contribution is 2.28. The number of thiophene rings is 1. The lowest BCUT2D eigenvalue weighted by Gasteiger charge is -2.36. The lowest BCUT2D eigenvalue weighted by Crippen LogP contribution is -2.48. The van der Waals surface area contributed by atoms with Crippen molar-refractivity contribution in [2.45, 2.75) is 6.10 Å². The van der Waals surface area contributed by atoms with Crippen molar-refractivity contribution in [2.75, 3.05) is 42.5 Å². The average molecular weight is 414 g/mol. The van der Waals surface area contributed by atoms with Crippen LogP contribution in [0.15, 0.2) is 41.8 Å². The van der Waals surface area contributed by atoms with Crippen LogP contribution in [0, 0.1) is 12.7 Å². The molecule has 29 heavy (non-hydrogen) atoms. The van der Waals surface area contributed by atoms with Crippen molar-refractivity contribution in [1.29, 1.82) is 0 Å². The van der Waals surface area contributed by atoms with Crippen molar-refractivity contribution in [2.24, 2.45) is 0 Å². The van der Waals surface area contributed by atoms with Crippen molar-refractivity contribution in [3.05, 3.63) is 59.4 Å². The largest absolute Gasteiger partial charge is 0.444 e. The number of piperazine rings is 1. The fourth-order valence-electron chi connectivity index (χ4n) is 3.47. The monoisotopic (exact) mass is 414 g/mol. The van der Waals surface area contributed by atoms with Crippen LogP contribution in [0.4, 0.5) is 20.6 Å². The Kier molecular flexibility index (Phi) is 5.53. The highest BCUT2D eigenvalue weighted by Gasteiger charge is 2.30. The van der Waals surface area contributed by atoms with Crippen molar-refractivity contribution < 1.29 is 18.7 Å². The van der Waals surface area contributed by atoms with Gasteiger partial charge in [-0.3, -0.25) is 9.69 Å². The SMILES string of the molecule is [CH2][C@H]1CN(c2ccc(N3CCN(C(=O)/C=C/c4cccs4)CC3)c(F)c2)C(=O)O1. The molecule has 2 saturated heterocycles. The number of hydrogen-bond donors (Lipinski definition) is 0. The lowest BCUT2D eigenvalue weighted by molar-refractivity contribution is -0.126. The van der Waals surface area contributed by atoms with Gasteiger partial charge >= 0.3 is 6.09 Å². The second-order valence-corrected chi connectivity index (χ2v) is 7.89. The molecule has 1 aromatic carbocycles. The molecule has 0 N–H and O–H groups in total. The summed E-state index contributed by atoms with van der Waals surface area (Å²) in [5.41, 5.74) is 0.920. The molecule has 1 atom stereocenters.